The highest BCUT2D eigenvalue weighted by molar-refractivity contribution is 6.28. The van der Waals surface area contributed by atoms with E-state index in [1.54, 1.807) is 10.9 Å². The van der Waals surface area contributed by atoms with Crippen LogP contribution in [0.3, 0.4) is 0 Å². The maximum atomic E-state index is 12.9. The van der Waals surface area contributed by atoms with E-state index >= 15 is 0 Å². The zero-order valence-electron chi connectivity index (χ0n) is 17.6. The predicted octanol–water partition coefficient (Wildman–Crippen LogP) is 1.64. The van der Waals surface area contributed by atoms with Crippen molar-refractivity contribution in [2.24, 2.45) is 23.2 Å². The topological polar surface area (TPSA) is 125 Å². The SMILES string of the molecule is O=C(NC1CC1)[C@@]12C[C@@H]1[C@@H](n1cnc3c(N[C@H]4C[C@H]5CC[C@@H]4C5)nc(Cl)nc31)[C@H](O)[C@@H]2O. The summed E-state index contributed by atoms with van der Waals surface area (Å²) in [6, 6.07) is 0.0945. The molecule has 8 atom stereocenters. The number of nitrogens with zero attached hydrogens (tertiary/aromatic N) is 4. The first-order valence-corrected chi connectivity index (χ1v) is 12.2. The molecule has 0 unspecified atom stereocenters. The molecule has 170 valence electrons. The van der Waals surface area contributed by atoms with Crippen molar-refractivity contribution < 1.29 is 15.0 Å². The number of aliphatic hydroxyl groups is 2. The van der Waals surface area contributed by atoms with Gasteiger partial charge in [-0.3, -0.25) is 4.79 Å². The minimum Gasteiger partial charge on any atom is -0.389 e. The second-order valence-electron chi connectivity index (χ2n) is 10.6. The third kappa shape index (κ3) is 2.64. The molecule has 2 aromatic rings. The number of nitrogens with one attached hydrogen (secondary N) is 2. The lowest BCUT2D eigenvalue weighted by molar-refractivity contribution is -0.132. The Balaban J connectivity index is 1.22. The number of imidazole rings is 1. The molecule has 0 saturated heterocycles. The smallest absolute Gasteiger partial charge is 0.229 e. The number of hydrogen-bond acceptors (Lipinski definition) is 7. The van der Waals surface area contributed by atoms with E-state index in [1.165, 1.54) is 19.3 Å². The van der Waals surface area contributed by atoms with E-state index in [0.29, 0.717) is 35.4 Å². The van der Waals surface area contributed by atoms with Crippen LogP contribution in [0.2, 0.25) is 5.28 Å². The Morgan fingerprint density at radius 1 is 1.19 bits per heavy atom. The van der Waals surface area contributed by atoms with Crippen LogP contribution >= 0.6 is 11.6 Å². The molecule has 5 aliphatic rings. The summed E-state index contributed by atoms with van der Waals surface area (Å²) >= 11 is 6.30. The van der Waals surface area contributed by atoms with Gasteiger partial charge in [0.1, 0.15) is 6.10 Å². The molecule has 0 aromatic carbocycles. The second-order valence-corrected chi connectivity index (χ2v) is 11.0. The standard InChI is InChI=1S/C22H27ClN6O3/c23-21-27-18(26-13-6-9-1-2-10(13)5-9)14-19(28-21)29(8-24-14)15-12-7-22(12,17(31)16(15)30)20(32)25-11-3-4-11/h8-13,15-17,30-31H,1-7H2,(H,25,32)(H,26,27,28)/t9-,10+,12+,13-,15+,16-,17-,22-/m0/s1. The number of carbonyl (C=O) groups excluding carboxylic acids is 1. The van der Waals surface area contributed by atoms with Gasteiger partial charge in [-0.2, -0.15) is 9.97 Å². The van der Waals surface area contributed by atoms with Crippen molar-refractivity contribution in [1.29, 1.82) is 0 Å². The fraction of sp³-hybridized carbons (Fsp3) is 0.727. The molecule has 4 N–H and O–H groups in total. The van der Waals surface area contributed by atoms with E-state index in [4.69, 9.17) is 11.6 Å². The Labute approximate surface area is 190 Å². The summed E-state index contributed by atoms with van der Waals surface area (Å²) in [5, 5.41) is 28.5. The third-order valence-electron chi connectivity index (χ3n) is 8.78. The molecule has 32 heavy (non-hydrogen) atoms. The highest BCUT2D eigenvalue weighted by Gasteiger charge is 2.75. The Bertz CT molecular complexity index is 1120. The van der Waals surface area contributed by atoms with Crippen molar-refractivity contribution in [3.05, 3.63) is 11.6 Å². The number of amides is 1. The van der Waals surface area contributed by atoms with Crippen molar-refractivity contribution in [2.75, 3.05) is 5.32 Å². The van der Waals surface area contributed by atoms with Gasteiger partial charge in [0.15, 0.2) is 17.0 Å². The normalized spacial score (nSPS) is 41.8. The highest BCUT2D eigenvalue weighted by atomic mass is 35.5. The fourth-order valence-electron chi connectivity index (χ4n) is 6.91. The van der Waals surface area contributed by atoms with Crippen molar-refractivity contribution in [3.63, 3.8) is 0 Å². The van der Waals surface area contributed by atoms with Gasteiger partial charge in [-0.15, -0.1) is 0 Å². The minimum absolute atomic E-state index is 0.117. The number of hydrogen-bond donors (Lipinski definition) is 4. The van der Waals surface area contributed by atoms with Crippen LogP contribution in [0.1, 0.15) is 51.0 Å². The van der Waals surface area contributed by atoms with E-state index in [0.717, 1.165) is 25.2 Å². The average Bonchev–Trinajstić information content (AvgIpc) is 3.54. The quantitative estimate of drug-likeness (QED) is 0.502. The zero-order valence-corrected chi connectivity index (χ0v) is 18.4. The molecular weight excluding hydrogens is 432 g/mol. The number of fused-ring (bicyclic) bond motifs is 4. The van der Waals surface area contributed by atoms with Crippen molar-refractivity contribution in [1.82, 2.24) is 24.8 Å². The van der Waals surface area contributed by atoms with Gasteiger partial charge >= 0.3 is 0 Å². The molecule has 9 nitrogen and oxygen atoms in total. The van der Waals surface area contributed by atoms with Gasteiger partial charge < -0.3 is 25.4 Å². The first-order chi connectivity index (χ1) is 15.5. The second kappa shape index (κ2) is 6.55. The zero-order chi connectivity index (χ0) is 21.8. The molecule has 2 heterocycles. The van der Waals surface area contributed by atoms with Crippen molar-refractivity contribution in [2.45, 2.75) is 75.3 Å². The molecule has 0 aliphatic heterocycles. The van der Waals surface area contributed by atoms with E-state index in [9.17, 15) is 15.0 Å². The number of aromatic nitrogens is 4. The maximum Gasteiger partial charge on any atom is 0.229 e. The fourth-order valence-corrected chi connectivity index (χ4v) is 7.07. The van der Waals surface area contributed by atoms with E-state index < -0.39 is 23.7 Å². The van der Waals surface area contributed by atoms with Crippen LogP contribution < -0.4 is 10.6 Å². The molecular formula is C22H27ClN6O3. The lowest BCUT2D eigenvalue weighted by atomic mass is 9.95. The van der Waals surface area contributed by atoms with Crippen LogP contribution in [-0.4, -0.2) is 59.9 Å². The Morgan fingerprint density at radius 2 is 2.03 bits per heavy atom. The Morgan fingerprint density at radius 3 is 2.75 bits per heavy atom. The highest BCUT2D eigenvalue weighted by Crippen LogP contribution is 2.68. The predicted molar refractivity (Wildman–Crippen MR) is 116 cm³/mol. The van der Waals surface area contributed by atoms with Crippen LogP contribution in [0, 0.1) is 23.2 Å². The number of rotatable bonds is 5. The first-order valence-electron chi connectivity index (χ1n) is 11.8. The molecule has 5 aliphatic carbocycles. The molecule has 7 rings (SSSR count). The minimum atomic E-state index is -1.11. The van der Waals surface area contributed by atoms with Crippen LogP contribution in [0.5, 0.6) is 0 Å². The molecule has 5 fully saturated rings. The van der Waals surface area contributed by atoms with Gasteiger partial charge in [0.05, 0.1) is 23.9 Å². The summed E-state index contributed by atoms with van der Waals surface area (Å²) in [5.41, 5.74) is 0.209. The molecule has 10 heteroatoms. The van der Waals surface area contributed by atoms with Crippen molar-refractivity contribution >= 4 is 34.5 Å². The van der Waals surface area contributed by atoms with Crippen molar-refractivity contribution in [3.8, 4) is 0 Å². The number of halogens is 1. The Hall–Kier alpha value is -1.97. The van der Waals surface area contributed by atoms with Crippen LogP contribution in [-0.2, 0) is 4.79 Å². The van der Waals surface area contributed by atoms with Gasteiger partial charge in [0.2, 0.25) is 11.2 Å². The van der Waals surface area contributed by atoms with E-state index in [1.807, 2.05) is 0 Å². The maximum absolute atomic E-state index is 12.9. The van der Waals surface area contributed by atoms with E-state index in [-0.39, 0.29) is 23.2 Å². The molecule has 2 aromatic heterocycles. The van der Waals surface area contributed by atoms with Gasteiger partial charge in [-0.1, -0.05) is 6.42 Å². The largest absolute Gasteiger partial charge is 0.389 e. The van der Waals surface area contributed by atoms with Gasteiger partial charge in [-0.05, 0) is 62.0 Å². The molecule has 0 spiro atoms. The summed E-state index contributed by atoms with van der Waals surface area (Å²) in [6.45, 7) is 0. The van der Waals surface area contributed by atoms with Crippen LogP contribution in [0.4, 0.5) is 5.82 Å². The monoisotopic (exact) mass is 458 g/mol. The molecule has 0 radical (unpaired) electrons. The van der Waals surface area contributed by atoms with Crippen LogP contribution in [0.25, 0.3) is 11.2 Å². The van der Waals surface area contributed by atoms with Gasteiger partial charge in [-0.25, -0.2) is 4.98 Å². The summed E-state index contributed by atoms with van der Waals surface area (Å²) in [6.07, 6.45) is 6.93. The first kappa shape index (κ1) is 19.5. The van der Waals surface area contributed by atoms with E-state index in [2.05, 4.69) is 25.6 Å². The summed E-state index contributed by atoms with van der Waals surface area (Å²) in [4.78, 5) is 26.3. The summed E-state index contributed by atoms with van der Waals surface area (Å²) in [5.74, 6) is 1.77. The van der Waals surface area contributed by atoms with Gasteiger partial charge in [0.25, 0.3) is 0 Å². The van der Waals surface area contributed by atoms with Crippen LogP contribution in [0.15, 0.2) is 6.33 Å². The Kier molecular flexibility index (Phi) is 3.99. The molecule has 5 saturated carbocycles. The summed E-state index contributed by atoms with van der Waals surface area (Å²) in [7, 11) is 0. The number of carbonyl (C=O) groups is 1. The number of aliphatic hydroxyl groups excluding tert-OH is 2. The number of anilines is 1. The lowest BCUT2D eigenvalue weighted by Gasteiger charge is -2.24. The van der Waals surface area contributed by atoms with Gasteiger partial charge in [0, 0.05) is 18.0 Å². The average molecular weight is 459 g/mol. The molecule has 2 bridgehead atoms. The summed E-state index contributed by atoms with van der Waals surface area (Å²) < 4.78 is 1.78. The molecule has 1 amide bonds. The lowest BCUT2D eigenvalue weighted by Crippen LogP contribution is -2.43. The third-order valence-corrected chi connectivity index (χ3v) is 8.95.